The second kappa shape index (κ2) is 9.39. The van der Waals surface area contributed by atoms with Crippen LogP contribution in [0.25, 0.3) is 6.08 Å². The molecule has 0 spiro atoms. The molecule has 1 atom stereocenters. The normalized spacial score (nSPS) is 18.4. The van der Waals surface area contributed by atoms with Gasteiger partial charge in [-0.1, -0.05) is 90.6 Å². The third-order valence-electron chi connectivity index (χ3n) is 5.18. The molecule has 3 nitrogen and oxygen atoms in total. The summed E-state index contributed by atoms with van der Waals surface area (Å²) in [5.74, 6) is 0.616. The van der Waals surface area contributed by atoms with Crippen LogP contribution in [0.2, 0.25) is 0 Å². The number of thiocarbonyl (C=S) groups is 1. The van der Waals surface area contributed by atoms with Crippen LogP contribution in [-0.4, -0.2) is 28.7 Å². The molecule has 158 valence electrons. The van der Waals surface area contributed by atoms with Gasteiger partial charge in [-0.05, 0) is 42.7 Å². The molecule has 6 heteroatoms. The minimum Gasteiger partial charge on any atom is -0.260 e. The highest BCUT2D eigenvalue weighted by Gasteiger charge is 2.38. The highest BCUT2D eigenvalue weighted by Crippen LogP contribution is 2.36. The summed E-state index contributed by atoms with van der Waals surface area (Å²) >= 11 is 7.20. The third kappa shape index (κ3) is 4.92. The van der Waals surface area contributed by atoms with Crippen molar-refractivity contribution in [3.05, 3.63) is 107 Å². The number of aryl methyl sites for hydroxylation is 1. The molecule has 1 aliphatic rings. The zero-order valence-electron chi connectivity index (χ0n) is 17.1. The summed E-state index contributed by atoms with van der Waals surface area (Å²) in [4.78, 5) is 0.282. The van der Waals surface area contributed by atoms with Gasteiger partial charge in [-0.2, -0.15) is 0 Å². The van der Waals surface area contributed by atoms with Gasteiger partial charge in [-0.25, -0.2) is 8.42 Å². The monoisotopic (exact) mass is 465 g/mol. The average Bonchev–Trinajstić information content (AvgIpc) is 2.77. The molecule has 0 N–H and O–H groups in total. The number of sulfonamides is 1. The number of hydrogen-bond donors (Lipinski definition) is 0. The SMILES string of the molecule is Cc1ccc(S(=O)(=O)N2C(=Cc3ccccc3)C(=S)SCC2Cc2ccccc2)cc1. The van der Waals surface area contributed by atoms with E-state index in [0.29, 0.717) is 22.1 Å². The molecule has 0 bridgehead atoms. The summed E-state index contributed by atoms with van der Waals surface area (Å²) in [5, 5.41) is 0. The number of nitrogens with zero attached hydrogens (tertiary/aromatic N) is 1. The van der Waals surface area contributed by atoms with Gasteiger partial charge in [0.2, 0.25) is 0 Å². The van der Waals surface area contributed by atoms with Gasteiger partial charge in [0.05, 0.1) is 20.8 Å². The Kier molecular flexibility index (Phi) is 6.60. The minimum atomic E-state index is -3.79. The van der Waals surface area contributed by atoms with Gasteiger partial charge in [-0.3, -0.25) is 4.31 Å². The Labute approximate surface area is 193 Å². The molecule has 0 aliphatic carbocycles. The van der Waals surface area contributed by atoms with Crippen LogP contribution in [0.5, 0.6) is 0 Å². The summed E-state index contributed by atoms with van der Waals surface area (Å²) in [6.45, 7) is 1.95. The molecule has 31 heavy (non-hydrogen) atoms. The van der Waals surface area contributed by atoms with Crippen molar-refractivity contribution in [2.45, 2.75) is 24.3 Å². The summed E-state index contributed by atoms with van der Waals surface area (Å²) in [6, 6.07) is 26.5. The Morgan fingerprint density at radius 2 is 1.58 bits per heavy atom. The van der Waals surface area contributed by atoms with Crippen LogP contribution in [0.15, 0.2) is 95.5 Å². The van der Waals surface area contributed by atoms with Crippen molar-refractivity contribution in [2.75, 3.05) is 5.75 Å². The first kappa shape index (κ1) is 21.8. The fourth-order valence-corrected chi connectivity index (χ4v) is 6.75. The molecule has 1 saturated heterocycles. The zero-order valence-corrected chi connectivity index (χ0v) is 19.6. The van der Waals surface area contributed by atoms with E-state index >= 15 is 0 Å². The maximum atomic E-state index is 13.9. The quantitative estimate of drug-likeness (QED) is 0.357. The van der Waals surface area contributed by atoms with E-state index in [2.05, 4.69) is 0 Å². The van der Waals surface area contributed by atoms with Crippen molar-refractivity contribution < 1.29 is 8.42 Å². The van der Waals surface area contributed by atoms with Crippen molar-refractivity contribution >= 4 is 44.3 Å². The van der Waals surface area contributed by atoms with Crippen LogP contribution in [0.3, 0.4) is 0 Å². The standard InChI is InChI=1S/C25H23NO2S3/c1-19-12-14-23(15-13-19)31(27,28)26-22(16-20-8-4-2-5-9-20)18-30-25(29)24(26)17-21-10-6-3-7-11-21/h2-15,17,22H,16,18H2,1H3. The van der Waals surface area contributed by atoms with Crippen molar-refractivity contribution in [3.63, 3.8) is 0 Å². The first-order valence-corrected chi connectivity index (χ1v) is 12.9. The molecule has 0 aromatic heterocycles. The molecular weight excluding hydrogens is 442 g/mol. The molecule has 4 rings (SSSR count). The van der Waals surface area contributed by atoms with E-state index in [9.17, 15) is 8.42 Å². The minimum absolute atomic E-state index is 0.236. The van der Waals surface area contributed by atoms with Crippen molar-refractivity contribution in [1.82, 2.24) is 4.31 Å². The Hall–Kier alpha value is -2.41. The van der Waals surface area contributed by atoms with Crippen LogP contribution in [0.1, 0.15) is 16.7 Å². The first-order chi connectivity index (χ1) is 14.9. The highest BCUT2D eigenvalue weighted by atomic mass is 32.2. The Morgan fingerprint density at radius 3 is 2.23 bits per heavy atom. The van der Waals surface area contributed by atoms with Gasteiger partial charge in [0.15, 0.2) is 0 Å². The fraction of sp³-hybridized carbons (Fsp3) is 0.160. The summed E-state index contributed by atoms with van der Waals surface area (Å²) < 4.78 is 29.9. The van der Waals surface area contributed by atoms with E-state index in [-0.39, 0.29) is 10.9 Å². The molecule has 3 aromatic rings. The molecule has 0 amide bonds. The summed E-state index contributed by atoms with van der Waals surface area (Å²) in [6.07, 6.45) is 2.51. The zero-order chi connectivity index (χ0) is 21.8. The van der Waals surface area contributed by atoms with Crippen molar-refractivity contribution in [1.29, 1.82) is 0 Å². The lowest BCUT2D eigenvalue weighted by Crippen LogP contribution is -2.46. The Balaban J connectivity index is 1.82. The van der Waals surface area contributed by atoms with Gasteiger partial charge in [0, 0.05) is 5.75 Å². The van der Waals surface area contributed by atoms with Crippen LogP contribution < -0.4 is 0 Å². The summed E-state index contributed by atoms with van der Waals surface area (Å²) in [5.41, 5.74) is 3.61. The molecule has 1 fully saturated rings. The van der Waals surface area contributed by atoms with E-state index in [0.717, 1.165) is 16.7 Å². The van der Waals surface area contributed by atoms with Crippen LogP contribution in [0.4, 0.5) is 0 Å². The van der Waals surface area contributed by atoms with E-state index < -0.39 is 10.0 Å². The highest BCUT2D eigenvalue weighted by molar-refractivity contribution is 8.23. The second-order valence-corrected chi connectivity index (χ2v) is 11.0. The van der Waals surface area contributed by atoms with Crippen LogP contribution >= 0.6 is 24.0 Å². The van der Waals surface area contributed by atoms with Gasteiger partial charge in [-0.15, -0.1) is 11.8 Å². The maximum Gasteiger partial charge on any atom is 0.264 e. The largest absolute Gasteiger partial charge is 0.264 e. The predicted octanol–water partition coefficient (Wildman–Crippen LogP) is 5.71. The topological polar surface area (TPSA) is 37.4 Å². The predicted molar refractivity (Wildman–Crippen MR) is 134 cm³/mol. The fourth-order valence-electron chi connectivity index (χ4n) is 3.61. The van der Waals surface area contributed by atoms with Gasteiger partial charge < -0.3 is 0 Å². The number of rotatable bonds is 5. The van der Waals surface area contributed by atoms with Crippen molar-refractivity contribution in [3.8, 4) is 0 Å². The van der Waals surface area contributed by atoms with Crippen LogP contribution in [0, 0.1) is 6.92 Å². The van der Waals surface area contributed by atoms with E-state index in [1.54, 1.807) is 28.2 Å². The molecule has 1 heterocycles. The van der Waals surface area contributed by atoms with E-state index in [1.165, 1.54) is 0 Å². The summed E-state index contributed by atoms with van der Waals surface area (Å²) in [7, 11) is -3.79. The van der Waals surface area contributed by atoms with Gasteiger partial charge >= 0.3 is 0 Å². The van der Waals surface area contributed by atoms with Gasteiger partial charge in [0.25, 0.3) is 10.0 Å². The molecule has 0 saturated carbocycles. The lowest BCUT2D eigenvalue weighted by Gasteiger charge is -2.38. The smallest absolute Gasteiger partial charge is 0.260 e. The average molecular weight is 466 g/mol. The van der Waals surface area contributed by atoms with Gasteiger partial charge in [0.1, 0.15) is 0 Å². The van der Waals surface area contributed by atoms with E-state index in [4.69, 9.17) is 12.2 Å². The number of hydrogen-bond acceptors (Lipinski definition) is 4. The van der Waals surface area contributed by atoms with Crippen LogP contribution in [-0.2, 0) is 16.4 Å². The van der Waals surface area contributed by atoms with Crippen molar-refractivity contribution in [2.24, 2.45) is 0 Å². The van der Waals surface area contributed by atoms with E-state index in [1.807, 2.05) is 85.8 Å². The Morgan fingerprint density at radius 1 is 0.968 bits per heavy atom. The second-order valence-electron chi connectivity index (χ2n) is 7.50. The first-order valence-electron chi connectivity index (χ1n) is 10.0. The lowest BCUT2D eigenvalue weighted by atomic mass is 10.1. The molecule has 1 aliphatic heterocycles. The number of thioether (sulfide) groups is 1. The number of benzene rings is 3. The molecular formula is C25H23NO2S3. The molecule has 1 unspecified atom stereocenters. The Bertz CT molecular complexity index is 1190. The molecule has 0 radical (unpaired) electrons. The third-order valence-corrected chi connectivity index (χ3v) is 8.65. The maximum absolute atomic E-state index is 13.9. The lowest BCUT2D eigenvalue weighted by molar-refractivity contribution is 0.411. The molecule has 3 aromatic carbocycles.